The third kappa shape index (κ3) is 4.61. The minimum Gasteiger partial charge on any atom is -0.444 e. The molecule has 1 aromatic carbocycles. The number of nitrogens with one attached hydrogen (secondary N) is 3. The lowest BCUT2D eigenvalue weighted by atomic mass is 10.1. The fraction of sp³-hybridized carbons (Fsp3) is 0.478. The van der Waals surface area contributed by atoms with Crippen molar-refractivity contribution in [1.82, 2.24) is 10.3 Å². The van der Waals surface area contributed by atoms with Crippen molar-refractivity contribution in [2.45, 2.75) is 52.7 Å². The quantitative estimate of drug-likeness (QED) is 0.664. The van der Waals surface area contributed by atoms with Crippen LogP contribution >= 0.6 is 0 Å². The highest BCUT2D eigenvalue weighted by atomic mass is 16.6. The number of rotatable bonds is 4. The summed E-state index contributed by atoms with van der Waals surface area (Å²) in [6, 6.07) is 5.09. The van der Waals surface area contributed by atoms with Crippen LogP contribution in [0.25, 0.3) is 10.8 Å². The minimum absolute atomic E-state index is 0.0253. The second kappa shape index (κ2) is 7.96. The van der Waals surface area contributed by atoms with E-state index in [1.165, 1.54) is 0 Å². The molecule has 1 aliphatic carbocycles. The summed E-state index contributed by atoms with van der Waals surface area (Å²) in [6.45, 7) is 9.87. The molecule has 9 heteroatoms. The lowest BCUT2D eigenvalue weighted by Crippen LogP contribution is -2.32. The normalized spacial score (nSPS) is 22.5. The fourth-order valence-electron chi connectivity index (χ4n) is 3.86. The van der Waals surface area contributed by atoms with Crippen LogP contribution < -0.4 is 20.9 Å². The number of fused-ring (bicyclic) bond motifs is 1. The fourth-order valence-corrected chi connectivity index (χ4v) is 3.86. The van der Waals surface area contributed by atoms with Crippen LogP contribution in [0.15, 0.2) is 24.4 Å². The summed E-state index contributed by atoms with van der Waals surface area (Å²) >= 11 is 0. The predicted octanol–water partition coefficient (Wildman–Crippen LogP) is 4.09. The van der Waals surface area contributed by atoms with Crippen molar-refractivity contribution in [1.29, 1.82) is 0 Å². The van der Waals surface area contributed by atoms with Gasteiger partial charge in [0.1, 0.15) is 11.4 Å². The number of anilines is 3. The molecular weight excluding hydrogens is 410 g/mol. The number of amides is 4. The summed E-state index contributed by atoms with van der Waals surface area (Å²) in [5, 5.41) is 9.88. The van der Waals surface area contributed by atoms with E-state index < -0.39 is 11.7 Å². The number of benzene rings is 1. The summed E-state index contributed by atoms with van der Waals surface area (Å²) in [6.07, 6.45) is 1.88. The molecule has 3 atom stereocenters. The van der Waals surface area contributed by atoms with E-state index in [2.05, 4.69) is 20.9 Å². The topological polar surface area (TPSA) is 113 Å². The molecule has 170 valence electrons. The Morgan fingerprint density at radius 3 is 2.50 bits per heavy atom. The molecule has 1 saturated heterocycles. The number of nitrogens with zero attached hydrogens (tertiary/aromatic N) is 2. The number of urea groups is 1. The number of hydrogen-bond donors (Lipinski definition) is 3. The summed E-state index contributed by atoms with van der Waals surface area (Å²) in [7, 11) is 0. The van der Waals surface area contributed by atoms with Gasteiger partial charge < -0.3 is 15.4 Å². The van der Waals surface area contributed by atoms with Crippen LogP contribution in [0, 0.1) is 11.8 Å². The first kappa shape index (κ1) is 21.9. The molecule has 1 aromatic heterocycles. The summed E-state index contributed by atoms with van der Waals surface area (Å²) in [5.74, 6) is 0.806. The highest BCUT2D eigenvalue weighted by Crippen LogP contribution is 2.39. The maximum absolute atomic E-state index is 12.5. The first-order valence-electron chi connectivity index (χ1n) is 10.8. The van der Waals surface area contributed by atoms with Gasteiger partial charge in [-0.05, 0) is 63.6 Å². The van der Waals surface area contributed by atoms with Gasteiger partial charge in [0.05, 0.1) is 11.7 Å². The van der Waals surface area contributed by atoms with Crippen molar-refractivity contribution in [3.8, 4) is 0 Å². The Hall–Kier alpha value is -3.36. The van der Waals surface area contributed by atoms with Crippen molar-refractivity contribution < 1.29 is 19.1 Å². The third-order valence-corrected chi connectivity index (χ3v) is 5.64. The first-order chi connectivity index (χ1) is 15.0. The van der Waals surface area contributed by atoms with Crippen molar-refractivity contribution in [3.05, 3.63) is 24.4 Å². The average molecular weight is 440 g/mol. The van der Waals surface area contributed by atoms with E-state index >= 15 is 0 Å². The largest absolute Gasteiger partial charge is 0.444 e. The number of carbonyl (C=O) groups excluding carboxylic acids is 3. The van der Waals surface area contributed by atoms with Gasteiger partial charge in [-0.3, -0.25) is 15.0 Å². The van der Waals surface area contributed by atoms with E-state index in [0.29, 0.717) is 35.0 Å². The van der Waals surface area contributed by atoms with Crippen LogP contribution in [0.4, 0.5) is 26.8 Å². The van der Waals surface area contributed by atoms with Gasteiger partial charge in [0, 0.05) is 29.7 Å². The molecule has 9 nitrogen and oxygen atoms in total. The van der Waals surface area contributed by atoms with Gasteiger partial charge in [0.25, 0.3) is 0 Å². The molecule has 2 fully saturated rings. The lowest BCUT2D eigenvalue weighted by Gasteiger charge is -2.23. The van der Waals surface area contributed by atoms with Gasteiger partial charge in [0.2, 0.25) is 5.91 Å². The molecule has 4 amide bonds. The highest BCUT2D eigenvalue weighted by Gasteiger charge is 2.39. The average Bonchev–Trinajstić information content (AvgIpc) is 3.32. The molecule has 3 N–H and O–H groups in total. The maximum Gasteiger partial charge on any atom is 0.412 e. The Bertz CT molecular complexity index is 1090. The summed E-state index contributed by atoms with van der Waals surface area (Å²) in [5.41, 5.74) is 0.446. The predicted molar refractivity (Wildman–Crippen MR) is 123 cm³/mol. The van der Waals surface area contributed by atoms with Crippen molar-refractivity contribution >= 4 is 46.0 Å². The Morgan fingerprint density at radius 2 is 1.91 bits per heavy atom. The van der Waals surface area contributed by atoms with Crippen LogP contribution in [0.2, 0.25) is 0 Å². The van der Waals surface area contributed by atoms with Crippen LogP contribution in [-0.2, 0) is 9.53 Å². The molecule has 0 bridgehead atoms. The second-order valence-corrected chi connectivity index (χ2v) is 9.62. The number of pyridine rings is 1. The third-order valence-electron chi connectivity index (χ3n) is 5.64. The van der Waals surface area contributed by atoms with E-state index in [4.69, 9.17) is 4.74 Å². The van der Waals surface area contributed by atoms with Gasteiger partial charge in [-0.25, -0.2) is 14.6 Å². The number of aromatic nitrogens is 1. The molecule has 4 rings (SSSR count). The molecule has 2 aliphatic rings. The smallest absolute Gasteiger partial charge is 0.412 e. The van der Waals surface area contributed by atoms with E-state index in [0.717, 1.165) is 11.8 Å². The second-order valence-electron chi connectivity index (χ2n) is 9.62. The van der Waals surface area contributed by atoms with E-state index in [1.807, 2.05) is 19.9 Å². The van der Waals surface area contributed by atoms with Crippen molar-refractivity contribution in [3.63, 3.8) is 0 Å². The van der Waals surface area contributed by atoms with Crippen molar-refractivity contribution in [2.75, 3.05) is 22.1 Å². The van der Waals surface area contributed by atoms with Crippen LogP contribution in [0.3, 0.4) is 0 Å². The Labute approximate surface area is 186 Å². The monoisotopic (exact) mass is 439 g/mol. The number of ether oxygens (including phenoxy) is 1. The van der Waals surface area contributed by atoms with Gasteiger partial charge >= 0.3 is 12.1 Å². The standard InChI is InChI=1S/C23H29N5O4/c1-12-6-16(12)20(29)27-19-8-14-7-15(28-13(2)10-25-21(28)30)9-18(17(14)11-24-19)26-22(31)32-23(3,4)5/h7-9,11-13,16H,6,10H2,1-5H3,(H,25,30)(H,26,31)(H,24,27,29)/t12-,13?,16-/m1/s1. The van der Waals surface area contributed by atoms with Gasteiger partial charge in [-0.15, -0.1) is 0 Å². The number of hydrogen-bond acceptors (Lipinski definition) is 5. The molecule has 0 spiro atoms. The zero-order valence-corrected chi connectivity index (χ0v) is 19.0. The number of carbonyl (C=O) groups is 3. The zero-order chi connectivity index (χ0) is 23.2. The van der Waals surface area contributed by atoms with E-state index in [9.17, 15) is 14.4 Å². The molecule has 1 saturated carbocycles. The molecule has 2 heterocycles. The molecular formula is C23H29N5O4. The molecule has 0 radical (unpaired) electrons. The van der Waals surface area contributed by atoms with Crippen LogP contribution in [-0.4, -0.2) is 41.2 Å². The lowest BCUT2D eigenvalue weighted by molar-refractivity contribution is -0.117. The van der Waals surface area contributed by atoms with Gasteiger partial charge in [0.15, 0.2) is 0 Å². The molecule has 32 heavy (non-hydrogen) atoms. The van der Waals surface area contributed by atoms with E-state index in [-0.39, 0.29) is 23.9 Å². The summed E-state index contributed by atoms with van der Waals surface area (Å²) in [4.78, 5) is 43.2. The molecule has 2 aromatic rings. The first-order valence-corrected chi connectivity index (χ1v) is 10.8. The maximum atomic E-state index is 12.5. The van der Waals surface area contributed by atoms with E-state index in [1.54, 1.807) is 44.0 Å². The van der Waals surface area contributed by atoms with Crippen LogP contribution in [0.1, 0.15) is 41.0 Å². The summed E-state index contributed by atoms with van der Waals surface area (Å²) < 4.78 is 5.40. The van der Waals surface area contributed by atoms with Gasteiger partial charge in [-0.2, -0.15) is 0 Å². The zero-order valence-electron chi connectivity index (χ0n) is 19.0. The van der Waals surface area contributed by atoms with Crippen LogP contribution in [0.5, 0.6) is 0 Å². The Kier molecular flexibility index (Phi) is 5.44. The minimum atomic E-state index is -0.656. The highest BCUT2D eigenvalue weighted by molar-refractivity contribution is 6.06. The Morgan fingerprint density at radius 1 is 1.19 bits per heavy atom. The molecule has 1 unspecified atom stereocenters. The van der Waals surface area contributed by atoms with Gasteiger partial charge in [-0.1, -0.05) is 6.92 Å². The Balaban J connectivity index is 1.71. The molecule has 1 aliphatic heterocycles. The SMILES string of the molecule is CC1CNC(=O)N1c1cc(NC(=O)OC(C)(C)C)c2cnc(NC(=O)[C@@H]3C[C@H]3C)cc2c1. The van der Waals surface area contributed by atoms with Crippen molar-refractivity contribution in [2.24, 2.45) is 11.8 Å².